The summed E-state index contributed by atoms with van der Waals surface area (Å²) in [5.41, 5.74) is 2.09. The minimum Gasteiger partial charge on any atom is -0.488 e. The van der Waals surface area contributed by atoms with Crippen LogP contribution in [-0.2, 0) is 25.5 Å². The molecule has 3 unspecified atom stereocenters. The fourth-order valence-corrected chi connectivity index (χ4v) is 6.23. The van der Waals surface area contributed by atoms with Crippen molar-refractivity contribution in [3.05, 3.63) is 78.6 Å². The van der Waals surface area contributed by atoms with Crippen LogP contribution in [0, 0.1) is 0 Å². The van der Waals surface area contributed by atoms with Crippen LogP contribution in [0.25, 0.3) is 0 Å². The van der Waals surface area contributed by atoms with Gasteiger partial charge in [-0.25, -0.2) is 9.59 Å². The minimum atomic E-state index is -0.992. The fourth-order valence-electron chi connectivity index (χ4n) is 3.27. The largest absolute Gasteiger partial charge is 0.488 e. The number of carbonyl (C=O) groups is 2. The van der Waals surface area contributed by atoms with Crippen molar-refractivity contribution in [1.29, 1.82) is 0 Å². The first-order valence-electron chi connectivity index (χ1n) is 11.6. The van der Waals surface area contributed by atoms with Crippen molar-refractivity contribution in [3.8, 4) is 11.5 Å². The normalized spacial score (nSPS) is 13.1. The minimum absolute atomic E-state index is 0.0646. The Bertz CT molecular complexity index is 1140. The van der Waals surface area contributed by atoms with Gasteiger partial charge in [0.1, 0.15) is 50.1 Å². The fraction of sp³-hybridized carbons (Fsp3) is 0.333. The summed E-state index contributed by atoms with van der Waals surface area (Å²) in [6.45, 7) is 8.19. The molecule has 2 rings (SSSR count). The zero-order valence-corrected chi connectivity index (χ0v) is 27.3. The van der Waals surface area contributed by atoms with E-state index < -0.39 is 24.1 Å². The van der Waals surface area contributed by atoms with Crippen molar-refractivity contribution in [2.45, 2.75) is 31.5 Å². The topological polar surface area (TPSA) is 112 Å². The molecule has 0 bridgehead atoms. The first-order valence-corrected chi connectivity index (χ1v) is 14.8. The van der Waals surface area contributed by atoms with E-state index in [1.165, 1.54) is 0 Å². The third-order valence-corrected chi connectivity index (χ3v) is 7.56. The number of aliphatic hydroxyl groups excluding tert-OH is 2. The van der Waals surface area contributed by atoms with E-state index >= 15 is 0 Å². The van der Waals surface area contributed by atoms with E-state index in [4.69, 9.17) is 18.9 Å². The lowest BCUT2D eigenvalue weighted by atomic mass is 9.93. The van der Waals surface area contributed by atoms with Crippen LogP contribution in [0.15, 0.2) is 67.5 Å². The zero-order chi connectivity index (χ0) is 29.1. The van der Waals surface area contributed by atoms with Gasteiger partial charge >= 0.3 is 11.9 Å². The van der Waals surface area contributed by atoms with Gasteiger partial charge in [0.05, 0.1) is 17.9 Å². The molecule has 2 aromatic rings. The molecule has 0 radical (unpaired) electrons. The number of carbonyl (C=O) groups excluding carboxylic acids is 2. The number of hydrogen-bond donors (Lipinski definition) is 2. The van der Waals surface area contributed by atoms with Crippen molar-refractivity contribution in [3.63, 3.8) is 0 Å². The highest BCUT2D eigenvalue weighted by Crippen LogP contribution is 2.39. The lowest BCUT2D eigenvalue weighted by Gasteiger charge is -2.19. The lowest BCUT2D eigenvalue weighted by molar-refractivity contribution is -0.142. The predicted molar refractivity (Wildman–Crippen MR) is 161 cm³/mol. The molecular weight excluding hydrogens is 772 g/mol. The SMILES string of the molecule is C=CC(=O)OCC(O)COc1c(Br)cc(CC(C)c2cc(Br)c(OCC(O)COC(=O)C=C)c(Br)c2)cc1Br. The van der Waals surface area contributed by atoms with E-state index in [1.807, 2.05) is 24.3 Å². The molecular formula is C27H28Br4O8. The van der Waals surface area contributed by atoms with Crippen LogP contribution < -0.4 is 9.47 Å². The Balaban J connectivity index is 2.01. The van der Waals surface area contributed by atoms with Gasteiger partial charge in [-0.15, -0.1) is 0 Å². The molecule has 0 aliphatic carbocycles. The number of halogens is 4. The van der Waals surface area contributed by atoms with Gasteiger partial charge in [-0.1, -0.05) is 20.1 Å². The van der Waals surface area contributed by atoms with Crippen molar-refractivity contribution in [2.24, 2.45) is 0 Å². The molecule has 2 N–H and O–H groups in total. The maximum atomic E-state index is 11.1. The van der Waals surface area contributed by atoms with Gasteiger partial charge in [-0.05, 0) is 111 Å². The number of rotatable bonds is 15. The van der Waals surface area contributed by atoms with E-state index in [2.05, 4.69) is 83.8 Å². The number of aliphatic hydroxyl groups is 2. The van der Waals surface area contributed by atoms with Crippen LogP contribution in [0.4, 0.5) is 0 Å². The van der Waals surface area contributed by atoms with Crippen molar-refractivity contribution < 1.29 is 38.7 Å². The van der Waals surface area contributed by atoms with Crippen LogP contribution in [0.1, 0.15) is 24.0 Å². The maximum absolute atomic E-state index is 11.1. The van der Waals surface area contributed by atoms with Gasteiger partial charge in [-0.2, -0.15) is 0 Å². The molecule has 0 amide bonds. The highest BCUT2D eigenvalue weighted by atomic mass is 79.9. The van der Waals surface area contributed by atoms with Crippen molar-refractivity contribution in [1.82, 2.24) is 0 Å². The van der Waals surface area contributed by atoms with Gasteiger partial charge in [0.15, 0.2) is 0 Å². The molecule has 0 saturated heterocycles. The third kappa shape index (κ3) is 11.0. The summed E-state index contributed by atoms with van der Waals surface area (Å²) in [7, 11) is 0. The molecule has 0 fully saturated rings. The van der Waals surface area contributed by atoms with Crippen LogP contribution in [0.2, 0.25) is 0 Å². The second-order valence-electron chi connectivity index (χ2n) is 8.41. The Labute approximate surface area is 260 Å². The van der Waals surface area contributed by atoms with Gasteiger partial charge in [0, 0.05) is 12.2 Å². The van der Waals surface area contributed by atoms with Crippen molar-refractivity contribution in [2.75, 3.05) is 26.4 Å². The summed E-state index contributed by atoms with van der Waals surface area (Å²) < 4.78 is 23.9. The molecule has 2 aromatic carbocycles. The monoisotopic (exact) mass is 796 g/mol. The van der Waals surface area contributed by atoms with Crippen LogP contribution in [0.3, 0.4) is 0 Å². The Morgan fingerprint density at radius 3 is 1.54 bits per heavy atom. The summed E-state index contributed by atoms with van der Waals surface area (Å²) in [4.78, 5) is 22.3. The van der Waals surface area contributed by atoms with Crippen molar-refractivity contribution >= 4 is 75.7 Å². The van der Waals surface area contributed by atoms with Crippen LogP contribution >= 0.6 is 63.7 Å². The molecule has 0 aliphatic rings. The quantitative estimate of drug-likeness (QED) is 0.166. The highest BCUT2D eigenvalue weighted by molar-refractivity contribution is 9.11. The Morgan fingerprint density at radius 2 is 1.15 bits per heavy atom. The molecule has 0 spiro atoms. The molecule has 8 nitrogen and oxygen atoms in total. The Hall–Kier alpha value is -1.70. The molecule has 0 aliphatic heterocycles. The second kappa shape index (κ2) is 16.5. The molecule has 3 atom stereocenters. The number of ether oxygens (including phenoxy) is 4. The van der Waals surface area contributed by atoms with E-state index in [0.717, 1.165) is 23.3 Å². The molecule has 212 valence electrons. The lowest BCUT2D eigenvalue weighted by Crippen LogP contribution is -2.25. The molecule has 0 saturated carbocycles. The summed E-state index contributed by atoms with van der Waals surface area (Å²) in [5.74, 6) is -0.0536. The average molecular weight is 800 g/mol. The number of esters is 2. The maximum Gasteiger partial charge on any atom is 0.330 e. The van der Waals surface area contributed by atoms with Crippen LogP contribution in [0.5, 0.6) is 11.5 Å². The first-order chi connectivity index (χ1) is 18.4. The average Bonchev–Trinajstić information content (AvgIpc) is 2.89. The molecule has 0 aromatic heterocycles. The van der Waals surface area contributed by atoms with Gasteiger partial charge in [0.2, 0.25) is 0 Å². The second-order valence-corrected chi connectivity index (χ2v) is 11.8. The summed E-state index contributed by atoms with van der Waals surface area (Å²) >= 11 is 14.1. The van der Waals surface area contributed by atoms with Crippen LogP contribution in [-0.4, -0.2) is 60.8 Å². The smallest absolute Gasteiger partial charge is 0.330 e. The summed E-state index contributed by atoms with van der Waals surface area (Å²) in [6, 6.07) is 7.81. The summed E-state index contributed by atoms with van der Waals surface area (Å²) in [6.07, 6.45) is 0.784. The highest BCUT2D eigenvalue weighted by Gasteiger charge is 2.18. The van der Waals surface area contributed by atoms with Gasteiger partial charge < -0.3 is 29.2 Å². The first kappa shape index (κ1) is 33.5. The van der Waals surface area contributed by atoms with E-state index in [1.54, 1.807) is 0 Å². The van der Waals surface area contributed by atoms with E-state index in [0.29, 0.717) is 35.8 Å². The predicted octanol–water partition coefficient (Wildman–Crippen LogP) is 6.02. The Morgan fingerprint density at radius 1 is 0.769 bits per heavy atom. The molecule has 0 heterocycles. The third-order valence-electron chi connectivity index (χ3n) is 5.20. The molecule has 39 heavy (non-hydrogen) atoms. The Kier molecular flexibility index (Phi) is 14.2. The molecule has 12 heteroatoms. The standard InChI is InChI=1S/C27H28Br4O8/c1-4-24(34)36-11-18(32)13-38-26-20(28)7-16(8-21(26)29)6-15(3)17-9-22(30)27(23(31)10-17)39-14-19(33)12-37-25(35)5-2/h4-5,7-10,15,18-19,32-33H,1-2,6,11-14H2,3H3. The number of hydrogen-bond acceptors (Lipinski definition) is 8. The van der Waals surface area contributed by atoms with E-state index in [-0.39, 0.29) is 32.3 Å². The zero-order valence-electron chi connectivity index (χ0n) is 21.0. The van der Waals surface area contributed by atoms with E-state index in [9.17, 15) is 19.8 Å². The van der Waals surface area contributed by atoms with Gasteiger partial charge in [0.25, 0.3) is 0 Å². The number of benzene rings is 2. The van der Waals surface area contributed by atoms with Gasteiger partial charge in [-0.3, -0.25) is 0 Å². The summed E-state index contributed by atoms with van der Waals surface area (Å²) in [5, 5.41) is 20.0.